The van der Waals surface area contributed by atoms with Crippen molar-refractivity contribution in [3.63, 3.8) is 0 Å². The maximum absolute atomic E-state index is 12.0. The molecule has 0 atom stereocenters. The number of rotatable bonds is 6. The number of alkyl halides is 1. The van der Waals surface area contributed by atoms with Gasteiger partial charge in [0.05, 0.1) is 5.75 Å². The highest BCUT2D eigenvalue weighted by Gasteiger charge is 2.24. The Morgan fingerprint density at radius 2 is 1.82 bits per heavy atom. The van der Waals surface area contributed by atoms with Gasteiger partial charge in [0.2, 0.25) is 10.0 Å². The number of hydrogen-bond acceptors (Lipinski definition) is 2. The zero-order chi connectivity index (χ0) is 12.9. The van der Waals surface area contributed by atoms with E-state index < -0.39 is 10.0 Å². The molecular weight excluding hydrogens is 258 g/mol. The van der Waals surface area contributed by atoms with Crippen molar-refractivity contribution in [1.82, 2.24) is 4.31 Å². The molecule has 17 heavy (non-hydrogen) atoms. The van der Waals surface area contributed by atoms with E-state index in [4.69, 9.17) is 11.6 Å². The molecule has 0 spiro atoms. The van der Waals surface area contributed by atoms with Crippen LogP contribution in [0.25, 0.3) is 0 Å². The third-order valence-corrected chi connectivity index (χ3v) is 4.85. The molecule has 1 aromatic rings. The van der Waals surface area contributed by atoms with Gasteiger partial charge in [-0.15, -0.1) is 11.6 Å². The Morgan fingerprint density at radius 3 is 2.29 bits per heavy atom. The lowest BCUT2D eigenvalue weighted by atomic mass is 10.2. The summed E-state index contributed by atoms with van der Waals surface area (Å²) in [5.74, 6) is 0.111. The Hall–Kier alpha value is -0.580. The average Bonchev–Trinajstić information content (AvgIpc) is 2.26. The van der Waals surface area contributed by atoms with Gasteiger partial charge < -0.3 is 0 Å². The molecule has 3 nitrogen and oxygen atoms in total. The molecule has 0 fully saturated rings. The van der Waals surface area contributed by atoms with Crippen molar-refractivity contribution in [2.45, 2.75) is 26.4 Å². The summed E-state index contributed by atoms with van der Waals surface area (Å²) in [6.07, 6.45) is 0. The first kappa shape index (κ1) is 14.5. The van der Waals surface area contributed by atoms with E-state index in [1.54, 1.807) is 0 Å². The minimum atomic E-state index is -3.27. The summed E-state index contributed by atoms with van der Waals surface area (Å²) in [6.45, 7) is 4.14. The first-order chi connectivity index (χ1) is 7.97. The molecule has 1 aromatic carbocycles. The normalized spacial score (nSPS) is 12.3. The smallest absolute Gasteiger partial charge is 0.212 e. The summed E-state index contributed by atoms with van der Waals surface area (Å²) in [5.41, 5.74) is 0.986. The van der Waals surface area contributed by atoms with Crippen molar-refractivity contribution < 1.29 is 8.42 Å². The average molecular weight is 276 g/mol. The number of nitrogens with zero attached hydrogens (tertiary/aromatic N) is 1. The van der Waals surface area contributed by atoms with E-state index in [2.05, 4.69) is 0 Å². The molecule has 0 saturated heterocycles. The van der Waals surface area contributed by atoms with Gasteiger partial charge in [-0.2, -0.15) is 4.31 Å². The quantitative estimate of drug-likeness (QED) is 0.748. The molecule has 0 unspecified atom stereocenters. The van der Waals surface area contributed by atoms with Gasteiger partial charge in [-0.1, -0.05) is 30.3 Å². The molecule has 0 radical (unpaired) electrons. The van der Waals surface area contributed by atoms with E-state index in [-0.39, 0.29) is 17.7 Å². The van der Waals surface area contributed by atoms with Gasteiger partial charge in [-0.05, 0) is 19.4 Å². The SMILES string of the molecule is CC(C)N(Cc1ccccc1)S(=O)(=O)CCCl. The zero-order valence-electron chi connectivity index (χ0n) is 10.1. The Kier molecular flexibility index (Phi) is 5.43. The van der Waals surface area contributed by atoms with Crippen molar-refractivity contribution >= 4 is 21.6 Å². The molecule has 0 heterocycles. The van der Waals surface area contributed by atoms with Crippen LogP contribution in [-0.2, 0) is 16.6 Å². The summed E-state index contributed by atoms with van der Waals surface area (Å²) in [6, 6.07) is 9.50. The lowest BCUT2D eigenvalue weighted by Crippen LogP contribution is -2.38. The van der Waals surface area contributed by atoms with Crippen molar-refractivity contribution in [3.8, 4) is 0 Å². The lowest BCUT2D eigenvalue weighted by Gasteiger charge is -2.25. The van der Waals surface area contributed by atoms with Gasteiger partial charge >= 0.3 is 0 Å². The predicted molar refractivity (Wildman–Crippen MR) is 71.6 cm³/mol. The molecule has 0 saturated carbocycles. The lowest BCUT2D eigenvalue weighted by molar-refractivity contribution is 0.349. The largest absolute Gasteiger partial charge is 0.215 e. The van der Waals surface area contributed by atoms with Gasteiger partial charge in [-0.25, -0.2) is 8.42 Å². The summed E-state index contributed by atoms with van der Waals surface area (Å²) >= 11 is 5.53. The van der Waals surface area contributed by atoms with Crippen LogP contribution < -0.4 is 0 Å². The number of benzene rings is 1. The van der Waals surface area contributed by atoms with Crippen molar-refractivity contribution in [2.24, 2.45) is 0 Å². The van der Waals surface area contributed by atoms with Crippen LogP contribution in [0.3, 0.4) is 0 Å². The molecule has 5 heteroatoms. The van der Waals surface area contributed by atoms with E-state index in [0.29, 0.717) is 6.54 Å². The van der Waals surface area contributed by atoms with Crippen LogP contribution in [0.4, 0.5) is 0 Å². The van der Waals surface area contributed by atoms with Crippen LogP contribution in [0, 0.1) is 0 Å². The third kappa shape index (κ3) is 4.30. The van der Waals surface area contributed by atoms with Gasteiger partial charge in [-0.3, -0.25) is 0 Å². The molecule has 0 aliphatic rings. The summed E-state index contributed by atoms with van der Waals surface area (Å²) in [4.78, 5) is 0. The summed E-state index contributed by atoms with van der Waals surface area (Å²) in [7, 11) is -3.27. The maximum atomic E-state index is 12.0. The number of hydrogen-bond donors (Lipinski definition) is 0. The first-order valence-electron chi connectivity index (χ1n) is 5.57. The van der Waals surface area contributed by atoms with Crippen LogP contribution in [-0.4, -0.2) is 30.4 Å². The van der Waals surface area contributed by atoms with Crippen LogP contribution in [0.1, 0.15) is 19.4 Å². The Bertz CT molecular complexity index is 431. The minimum Gasteiger partial charge on any atom is -0.212 e. The van der Waals surface area contributed by atoms with Crippen LogP contribution in [0.15, 0.2) is 30.3 Å². The fourth-order valence-corrected chi connectivity index (χ4v) is 3.58. The maximum Gasteiger partial charge on any atom is 0.215 e. The second-order valence-electron chi connectivity index (χ2n) is 4.13. The standard InChI is InChI=1S/C12H18ClNO2S/c1-11(2)14(17(15,16)9-8-13)10-12-6-4-3-5-7-12/h3-7,11H,8-10H2,1-2H3. The van der Waals surface area contributed by atoms with Crippen LogP contribution >= 0.6 is 11.6 Å². The van der Waals surface area contributed by atoms with Gasteiger partial charge in [0.25, 0.3) is 0 Å². The van der Waals surface area contributed by atoms with Crippen molar-refractivity contribution in [1.29, 1.82) is 0 Å². The van der Waals surface area contributed by atoms with Crippen molar-refractivity contribution in [2.75, 3.05) is 11.6 Å². The van der Waals surface area contributed by atoms with Gasteiger partial charge in [0.1, 0.15) is 0 Å². The third-order valence-electron chi connectivity index (χ3n) is 2.45. The number of sulfonamides is 1. The molecular formula is C12H18ClNO2S. The fourth-order valence-electron chi connectivity index (χ4n) is 1.58. The van der Waals surface area contributed by atoms with E-state index in [9.17, 15) is 8.42 Å². The highest BCUT2D eigenvalue weighted by Crippen LogP contribution is 2.13. The fraction of sp³-hybridized carbons (Fsp3) is 0.500. The first-order valence-corrected chi connectivity index (χ1v) is 7.71. The molecule has 0 N–H and O–H groups in total. The highest BCUT2D eigenvalue weighted by molar-refractivity contribution is 7.89. The minimum absolute atomic E-state index is 0.0143. The van der Waals surface area contributed by atoms with Crippen LogP contribution in [0.2, 0.25) is 0 Å². The molecule has 1 rings (SSSR count). The highest BCUT2D eigenvalue weighted by atomic mass is 35.5. The molecule has 0 aromatic heterocycles. The Morgan fingerprint density at radius 1 is 1.24 bits per heavy atom. The monoisotopic (exact) mass is 275 g/mol. The predicted octanol–water partition coefficient (Wildman–Crippen LogP) is 2.47. The number of halogens is 1. The molecule has 0 amide bonds. The van der Waals surface area contributed by atoms with E-state index in [1.165, 1.54) is 4.31 Å². The summed E-state index contributed by atoms with van der Waals surface area (Å²) < 4.78 is 25.5. The second-order valence-corrected chi connectivity index (χ2v) is 6.55. The van der Waals surface area contributed by atoms with Gasteiger partial charge in [0, 0.05) is 18.5 Å². The Labute approximate surface area is 108 Å². The Balaban J connectivity index is 2.88. The van der Waals surface area contributed by atoms with E-state index in [0.717, 1.165) is 5.56 Å². The summed E-state index contributed by atoms with van der Waals surface area (Å²) in [5, 5.41) is 0. The van der Waals surface area contributed by atoms with Crippen LogP contribution in [0.5, 0.6) is 0 Å². The molecule has 96 valence electrons. The van der Waals surface area contributed by atoms with Crippen molar-refractivity contribution in [3.05, 3.63) is 35.9 Å². The molecule has 0 aliphatic heterocycles. The molecule has 0 bridgehead atoms. The van der Waals surface area contributed by atoms with E-state index in [1.807, 2.05) is 44.2 Å². The zero-order valence-corrected chi connectivity index (χ0v) is 11.7. The van der Waals surface area contributed by atoms with E-state index >= 15 is 0 Å². The topological polar surface area (TPSA) is 37.4 Å². The van der Waals surface area contributed by atoms with Gasteiger partial charge in [0.15, 0.2) is 0 Å². The second kappa shape index (κ2) is 6.38. The molecule has 0 aliphatic carbocycles.